The van der Waals surface area contributed by atoms with Gasteiger partial charge in [-0.2, -0.15) is 0 Å². The van der Waals surface area contributed by atoms with Gasteiger partial charge in [0.2, 0.25) is 0 Å². The molecule has 3 atom stereocenters. The van der Waals surface area contributed by atoms with Crippen molar-refractivity contribution >= 4 is 0 Å². The highest BCUT2D eigenvalue weighted by atomic mass is 14.8. The van der Waals surface area contributed by atoms with Crippen molar-refractivity contribution in [2.24, 2.45) is 17.6 Å². The summed E-state index contributed by atoms with van der Waals surface area (Å²) in [6.07, 6.45) is 19.3. The summed E-state index contributed by atoms with van der Waals surface area (Å²) in [5.41, 5.74) is 13.6. The Morgan fingerprint density at radius 1 is 1.17 bits per heavy atom. The quantitative estimate of drug-likeness (QED) is 0.460. The molecule has 2 N–H and O–H groups in total. The van der Waals surface area contributed by atoms with Crippen LogP contribution in [0.4, 0.5) is 0 Å². The minimum Gasteiger partial charge on any atom is -0.321 e. The van der Waals surface area contributed by atoms with Crippen molar-refractivity contribution in [2.75, 3.05) is 0 Å². The van der Waals surface area contributed by atoms with Crippen LogP contribution in [0.25, 0.3) is 0 Å². The predicted molar refractivity (Wildman–Crippen MR) is 132 cm³/mol. The van der Waals surface area contributed by atoms with Gasteiger partial charge in [0.1, 0.15) is 0 Å². The van der Waals surface area contributed by atoms with Gasteiger partial charge in [0, 0.05) is 11.5 Å². The van der Waals surface area contributed by atoms with Crippen molar-refractivity contribution < 1.29 is 0 Å². The van der Waals surface area contributed by atoms with Crippen LogP contribution in [0.2, 0.25) is 0 Å². The maximum atomic E-state index is 6.84. The highest BCUT2D eigenvalue weighted by Crippen LogP contribution is 2.46. The van der Waals surface area contributed by atoms with E-state index in [1.54, 1.807) is 0 Å². The second kappa shape index (κ2) is 11.0. The van der Waals surface area contributed by atoms with E-state index in [9.17, 15) is 0 Å². The summed E-state index contributed by atoms with van der Waals surface area (Å²) in [5, 5.41) is 0. The van der Waals surface area contributed by atoms with Crippen molar-refractivity contribution in [2.45, 2.75) is 53.0 Å². The predicted octanol–water partition coefficient (Wildman–Crippen LogP) is 7.56. The molecule has 2 aliphatic rings. The largest absolute Gasteiger partial charge is 0.321 e. The summed E-state index contributed by atoms with van der Waals surface area (Å²) in [6, 6.07) is 0. The Hall–Kier alpha value is -2.38. The fourth-order valence-electron chi connectivity index (χ4n) is 4.10. The molecule has 0 spiro atoms. The van der Waals surface area contributed by atoms with Gasteiger partial charge in [-0.1, -0.05) is 86.8 Å². The lowest BCUT2D eigenvalue weighted by molar-refractivity contribution is 0.450. The van der Waals surface area contributed by atoms with Gasteiger partial charge in [-0.05, 0) is 61.8 Å². The van der Waals surface area contributed by atoms with Gasteiger partial charge in [0.15, 0.2) is 0 Å². The minimum absolute atomic E-state index is 0.212. The van der Waals surface area contributed by atoms with Crippen LogP contribution >= 0.6 is 0 Å². The maximum absolute atomic E-state index is 6.84. The zero-order valence-corrected chi connectivity index (χ0v) is 19.1. The van der Waals surface area contributed by atoms with Gasteiger partial charge in [-0.25, -0.2) is 0 Å². The number of rotatable bonds is 1. The van der Waals surface area contributed by atoms with Crippen LogP contribution in [0.5, 0.6) is 0 Å². The fraction of sp³-hybridized carbons (Fsp3) is 0.357. The van der Waals surface area contributed by atoms with Gasteiger partial charge in [-0.3, -0.25) is 0 Å². The lowest BCUT2D eigenvalue weighted by atomic mass is 9.81. The smallest absolute Gasteiger partial charge is 0.0459 e. The molecular weight excluding hydrogens is 350 g/mol. The number of hydrogen-bond acceptors (Lipinski definition) is 1. The van der Waals surface area contributed by atoms with E-state index in [1.165, 1.54) is 22.3 Å². The minimum atomic E-state index is -0.448. The van der Waals surface area contributed by atoms with Crippen molar-refractivity contribution in [1.82, 2.24) is 0 Å². The van der Waals surface area contributed by atoms with Gasteiger partial charge >= 0.3 is 0 Å². The molecule has 2 aliphatic carbocycles. The second-order valence-electron chi connectivity index (χ2n) is 8.29. The van der Waals surface area contributed by atoms with E-state index in [4.69, 9.17) is 5.73 Å². The monoisotopic (exact) mass is 389 g/mol. The van der Waals surface area contributed by atoms with Gasteiger partial charge in [0.25, 0.3) is 0 Å². The third-order valence-electron chi connectivity index (χ3n) is 5.72. The molecule has 29 heavy (non-hydrogen) atoms. The molecule has 0 aromatic heterocycles. The van der Waals surface area contributed by atoms with E-state index >= 15 is 0 Å². The van der Waals surface area contributed by atoms with Gasteiger partial charge in [0.05, 0.1) is 0 Å². The molecule has 0 aliphatic heterocycles. The van der Waals surface area contributed by atoms with Crippen LogP contribution in [-0.4, -0.2) is 5.54 Å². The topological polar surface area (TPSA) is 26.0 Å². The molecule has 0 aromatic carbocycles. The molecule has 1 heteroatoms. The first-order chi connectivity index (χ1) is 13.7. The molecule has 0 fully saturated rings. The molecule has 0 saturated heterocycles. The first-order valence-electron chi connectivity index (χ1n) is 10.4. The molecule has 0 amide bonds. The Labute approximate surface area is 179 Å². The van der Waals surface area contributed by atoms with E-state index in [2.05, 4.69) is 103 Å². The summed E-state index contributed by atoms with van der Waals surface area (Å²) in [4.78, 5) is 0. The number of hydrogen-bond donors (Lipinski definition) is 1. The molecule has 0 aromatic rings. The van der Waals surface area contributed by atoms with E-state index < -0.39 is 5.54 Å². The van der Waals surface area contributed by atoms with Gasteiger partial charge in [-0.15, -0.1) is 13.2 Å². The normalized spacial score (nSPS) is 35.2. The van der Waals surface area contributed by atoms with E-state index in [0.29, 0.717) is 5.92 Å². The summed E-state index contributed by atoms with van der Waals surface area (Å²) in [6.45, 7) is 25.2. The molecule has 0 bridgehead atoms. The lowest BCUT2D eigenvalue weighted by Gasteiger charge is -2.29. The summed E-state index contributed by atoms with van der Waals surface area (Å²) < 4.78 is 0. The summed E-state index contributed by atoms with van der Waals surface area (Å²) in [7, 11) is 0. The molecule has 1 nitrogen and oxygen atoms in total. The Balaban J connectivity index is 0.00000204. The van der Waals surface area contributed by atoms with Crippen LogP contribution < -0.4 is 5.73 Å². The Kier molecular flexibility index (Phi) is 9.33. The standard InChI is InChI=1S/C26H35N.C2H4/c1-8-11-23-22(6)26(7,27)25-21(5)17-20(4)16-19(3)15-14-18(2)12-9-10-13-24(23)25;1-2/h8,10-15,17,19,22H,1,5,9,16,27H2,2-4,6-7H3;1-2H2/b13-10-,15-14-,18-12+,20-17+,23-11+;. The second-order valence-corrected chi connectivity index (χ2v) is 8.29. The average molecular weight is 390 g/mol. The number of nitrogens with two attached hydrogens (primary N) is 1. The average Bonchev–Trinajstić information content (AvgIpc) is 2.85. The van der Waals surface area contributed by atoms with Crippen molar-refractivity contribution in [1.29, 1.82) is 0 Å². The van der Waals surface area contributed by atoms with E-state index in [0.717, 1.165) is 24.0 Å². The molecule has 0 heterocycles. The van der Waals surface area contributed by atoms with E-state index in [1.807, 2.05) is 6.08 Å². The molecule has 156 valence electrons. The summed E-state index contributed by atoms with van der Waals surface area (Å²) >= 11 is 0. The van der Waals surface area contributed by atoms with Crippen molar-refractivity contribution in [3.05, 3.63) is 108 Å². The fourth-order valence-corrected chi connectivity index (χ4v) is 4.10. The van der Waals surface area contributed by atoms with E-state index in [-0.39, 0.29) is 5.92 Å². The zero-order valence-electron chi connectivity index (χ0n) is 19.1. The Morgan fingerprint density at radius 2 is 1.83 bits per heavy atom. The SMILES string of the molecule is C=C.C=C/C=C1/C2=C(C(=C)/C=C(\C)CC(C)/C=C\C(C)=C\C/C=C\2)C(C)(N)C1C. The molecular formula is C28H39N. The maximum Gasteiger partial charge on any atom is 0.0459 e. The van der Waals surface area contributed by atoms with Crippen LogP contribution in [0.1, 0.15) is 47.5 Å². The molecule has 0 saturated carbocycles. The van der Waals surface area contributed by atoms with Crippen LogP contribution in [-0.2, 0) is 0 Å². The Morgan fingerprint density at radius 3 is 2.45 bits per heavy atom. The highest BCUT2D eigenvalue weighted by Gasteiger charge is 2.42. The van der Waals surface area contributed by atoms with Gasteiger partial charge < -0.3 is 5.73 Å². The zero-order chi connectivity index (χ0) is 22.2. The van der Waals surface area contributed by atoms with Crippen LogP contribution in [0, 0.1) is 11.8 Å². The van der Waals surface area contributed by atoms with Crippen molar-refractivity contribution in [3.8, 4) is 0 Å². The first-order valence-corrected chi connectivity index (χ1v) is 10.4. The number of allylic oxidation sites excluding steroid dienone is 11. The first kappa shape index (κ1) is 24.7. The van der Waals surface area contributed by atoms with Crippen molar-refractivity contribution in [3.63, 3.8) is 0 Å². The van der Waals surface area contributed by atoms with Crippen LogP contribution in [0.3, 0.4) is 0 Å². The molecule has 0 radical (unpaired) electrons. The highest BCUT2D eigenvalue weighted by molar-refractivity contribution is 5.64. The molecule has 2 rings (SSSR count). The van der Waals surface area contributed by atoms with Crippen LogP contribution in [0.15, 0.2) is 108 Å². The summed E-state index contributed by atoms with van der Waals surface area (Å²) in [5.74, 6) is 0.705. The third kappa shape index (κ3) is 6.05. The third-order valence-corrected chi connectivity index (χ3v) is 5.72. The lowest BCUT2D eigenvalue weighted by Crippen LogP contribution is -2.42. The Bertz CT molecular complexity index is 805. The molecule has 3 unspecified atom stereocenters.